The minimum Gasteiger partial charge on any atom is -0.375 e. The first-order chi connectivity index (χ1) is 19.1. The van der Waals surface area contributed by atoms with E-state index in [2.05, 4.69) is 10.3 Å². The van der Waals surface area contributed by atoms with Gasteiger partial charge in [0.25, 0.3) is 0 Å². The van der Waals surface area contributed by atoms with Gasteiger partial charge in [-0.05, 0) is 46.5 Å². The molecule has 1 saturated heterocycles. The third kappa shape index (κ3) is 3.45. The maximum absolute atomic E-state index is 13.3. The zero-order valence-corrected chi connectivity index (χ0v) is 20.9. The largest absolute Gasteiger partial charge is 0.375 e. The summed E-state index contributed by atoms with van der Waals surface area (Å²) in [5.74, 6) is -2.62. The Labute approximate surface area is 225 Å². The molecule has 190 valence electrons. The molecule has 5 atom stereocenters. The number of hydrogen-bond acceptors (Lipinski definition) is 5. The van der Waals surface area contributed by atoms with Gasteiger partial charge in [0.1, 0.15) is 0 Å². The molecule has 1 saturated carbocycles. The minimum atomic E-state index is -1.60. The molecule has 6 nitrogen and oxygen atoms in total. The standard InChI is InChI=1S/C33H25N3O3/c37-31-28-22-19-23(33(39,21-13-5-2-6-14-21)25-16-8-10-18-35-25)29(30(28)32(38)36-31)27(22)26(20-11-3-1-4-12-20)24-15-7-9-17-34-24/h1-19,22,28-30,39H,(H,36,37,38)/b27-26-/t22-,28+,29-,30-,33-/m1/s1. The number of aliphatic hydroxyl groups is 1. The van der Waals surface area contributed by atoms with Crippen molar-refractivity contribution in [3.05, 3.63) is 149 Å². The molecule has 6 heteroatoms. The molecule has 2 aromatic carbocycles. The summed E-state index contributed by atoms with van der Waals surface area (Å²) in [4.78, 5) is 35.7. The van der Waals surface area contributed by atoms with E-state index in [0.717, 1.165) is 22.4 Å². The number of hydrogen-bond donors (Lipinski definition) is 2. The van der Waals surface area contributed by atoms with Gasteiger partial charge in [0.15, 0.2) is 5.60 Å². The van der Waals surface area contributed by atoms with E-state index in [0.29, 0.717) is 16.8 Å². The van der Waals surface area contributed by atoms with Crippen LogP contribution in [0.15, 0.2) is 127 Å². The summed E-state index contributed by atoms with van der Waals surface area (Å²) in [6.45, 7) is 0. The highest BCUT2D eigenvalue weighted by atomic mass is 16.3. The first kappa shape index (κ1) is 23.4. The Balaban J connectivity index is 1.53. The van der Waals surface area contributed by atoms with Crippen molar-refractivity contribution in [3.63, 3.8) is 0 Å². The van der Waals surface area contributed by atoms with Crippen LogP contribution in [-0.4, -0.2) is 26.9 Å². The van der Waals surface area contributed by atoms with Crippen molar-refractivity contribution in [1.29, 1.82) is 0 Å². The number of imide groups is 1. The molecule has 2 aromatic heterocycles. The van der Waals surface area contributed by atoms with Gasteiger partial charge in [-0.2, -0.15) is 0 Å². The van der Waals surface area contributed by atoms with Crippen molar-refractivity contribution in [3.8, 4) is 0 Å². The lowest BCUT2D eigenvalue weighted by atomic mass is 9.71. The minimum absolute atomic E-state index is 0.264. The van der Waals surface area contributed by atoms with Gasteiger partial charge >= 0.3 is 0 Å². The van der Waals surface area contributed by atoms with Crippen molar-refractivity contribution < 1.29 is 14.7 Å². The molecule has 3 heterocycles. The zero-order chi connectivity index (χ0) is 26.6. The fraction of sp³-hybridized carbons (Fsp3) is 0.152. The van der Waals surface area contributed by atoms with Crippen LogP contribution in [0.1, 0.15) is 22.5 Å². The number of amides is 2. The third-order valence-corrected chi connectivity index (χ3v) is 8.29. The molecule has 3 aliphatic rings. The van der Waals surface area contributed by atoms with Crippen LogP contribution in [-0.2, 0) is 15.2 Å². The topological polar surface area (TPSA) is 92.2 Å². The van der Waals surface area contributed by atoms with Gasteiger partial charge < -0.3 is 5.11 Å². The average molecular weight is 512 g/mol. The van der Waals surface area contributed by atoms with Crippen LogP contribution in [0.2, 0.25) is 0 Å². The number of benzene rings is 2. The van der Waals surface area contributed by atoms with Crippen molar-refractivity contribution >= 4 is 17.4 Å². The van der Waals surface area contributed by atoms with E-state index in [9.17, 15) is 14.7 Å². The summed E-state index contributed by atoms with van der Waals surface area (Å²) in [5, 5.41) is 15.3. The Bertz CT molecular complexity index is 1550. The second-order valence-corrected chi connectivity index (χ2v) is 10.2. The molecule has 2 bridgehead atoms. The lowest BCUT2D eigenvalue weighted by molar-refractivity contribution is -0.126. The Morgan fingerprint density at radius 1 is 0.744 bits per heavy atom. The lowest BCUT2D eigenvalue weighted by Crippen LogP contribution is -2.38. The monoisotopic (exact) mass is 511 g/mol. The number of aromatic nitrogens is 2. The molecule has 2 N–H and O–H groups in total. The van der Waals surface area contributed by atoms with E-state index in [-0.39, 0.29) is 17.7 Å². The van der Waals surface area contributed by atoms with Gasteiger partial charge in [-0.25, -0.2) is 0 Å². The first-order valence-electron chi connectivity index (χ1n) is 13.1. The quantitative estimate of drug-likeness (QED) is 0.308. The summed E-state index contributed by atoms with van der Waals surface area (Å²) in [7, 11) is 0. The highest BCUT2D eigenvalue weighted by Crippen LogP contribution is 2.63. The van der Waals surface area contributed by atoms with Crippen LogP contribution in [0, 0.1) is 23.7 Å². The van der Waals surface area contributed by atoms with E-state index >= 15 is 0 Å². The maximum Gasteiger partial charge on any atom is 0.231 e. The van der Waals surface area contributed by atoms with Gasteiger partial charge in [-0.3, -0.25) is 24.9 Å². The number of carbonyl (C=O) groups is 2. The smallest absolute Gasteiger partial charge is 0.231 e. The molecule has 0 spiro atoms. The molecular formula is C33H25N3O3. The number of nitrogens with one attached hydrogen (secondary N) is 1. The number of pyridine rings is 2. The zero-order valence-electron chi connectivity index (χ0n) is 20.9. The number of allylic oxidation sites excluding steroid dienone is 2. The number of carbonyl (C=O) groups excluding carboxylic acids is 2. The van der Waals surface area contributed by atoms with E-state index in [4.69, 9.17) is 4.98 Å². The fourth-order valence-electron chi connectivity index (χ4n) is 6.77. The summed E-state index contributed by atoms with van der Waals surface area (Å²) < 4.78 is 0. The molecule has 2 aliphatic carbocycles. The van der Waals surface area contributed by atoms with Gasteiger partial charge in [0, 0.05) is 29.8 Å². The van der Waals surface area contributed by atoms with Crippen LogP contribution in [0.5, 0.6) is 0 Å². The van der Waals surface area contributed by atoms with E-state index in [1.807, 2.05) is 97.1 Å². The van der Waals surface area contributed by atoms with Crippen molar-refractivity contribution in [1.82, 2.24) is 15.3 Å². The molecule has 0 unspecified atom stereocenters. The predicted octanol–water partition coefficient (Wildman–Crippen LogP) is 4.29. The lowest BCUT2D eigenvalue weighted by Gasteiger charge is -2.36. The summed E-state index contributed by atoms with van der Waals surface area (Å²) in [5.41, 5.74) is 3.74. The Morgan fingerprint density at radius 3 is 2.05 bits per heavy atom. The molecule has 39 heavy (non-hydrogen) atoms. The SMILES string of the molecule is O=C1NC(=O)[C@@H]2[C@@H]1[C@@H]1C=C([C@](O)(c3ccccc3)c3ccccn3)[C@@H]2/C1=C(/c1ccccc1)c1ccccn1. The molecule has 1 aliphatic heterocycles. The van der Waals surface area contributed by atoms with Crippen LogP contribution < -0.4 is 5.32 Å². The second-order valence-electron chi connectivity index (χ2n) is 10.2. The van der Waals surface area contributed by atoms with Crippen LogP contribution >= 0.6 is 0 Å². The summed E-state index contributed by atoms with van der Waals surface area (Å²) in [6.07, 6.45) is 5.41. The highest BCUT2D eigenvalue weighted by Gasteiger charge is 2.64. The van der Waals surface area contributed by atoms with E-state index in [1.54, 1.807) is 18.5 Å². The fourth-order valence-corrected chi connectivity index (χ4v) is 6.77. The Morgan fingerprint density at radius 2 is 1.38 bits per heavy atom. The molecule has 4 aromatic rings. The number of fused-ring (bicyclic) bond motifs is 5. The molecule has 7 rings (SSSR count). The Hall–Kier alpha value is -4.68. The van der Waals surface area contributed by atoms with Crippen molar-refractivity contribution in [2.75, 3.05) is 0 Å². The van der Waals surface area contributed by atoms with Crippen LogP contribution in [0.25, 0.3) is 5.57 Å². The van der Waals surface area contributed by atoms with Gasteiger partial charge in [0.2, 0.25) is 11.8 Å². The number of rotatable bonds is 5. The summed E-state index contributed by atoms with van der Waals surface area (Å²) in [6, 6.07) is 30.6. The predicted molar refractivity (Wildman–Crippen MR) is 146 cm³/mol. The van der Waals surface area contributed by atoms with Crippen LogP contribution in [0.3, 0.4) is 0 Å². The molecule has 0 radical (unpaired) electrons. The van der Waals surface area contributed by atoms with Gasteiger partial charge in [-0.15, -0.1) is 0 Å². The number of nitrogens with zero attached hydrogens (tertiary/aromatic N) is 2. The Kier molecular flexibility index (Phi) is 5.39. The third-order valence-electron chi connectivity index (χ3n) is 8.29. The highest BCUT2D eigenvalue weighted by molar-refractivity contribution is 6.08. The van der Waals surface area contributed by atoms with Gasteiger partial charge in [-0.1, -0.05) is 78.9 Å². The molecule has 2 amide bonds. The molecule has 2 fully saturated rings. The second kappa shape index (κ2) is 8.96. The first-order valence-corrected chi connectivity index (χ1v) is 13.1. The van der Waals surface area contributed by atoms with Crippen molar-refractivity contribution in [2.24, 2.45) is 23.7 Å². The van der Waals surface area contributed by atoms with Crippen molar-refractivity contribution in [2.45, 2.75) is 5.60 Å². The summed E-state index contributed by atoms with van der Waals surface area (Å²) >= 11 is 0. The maximum atomic E-state index is 13.3. The average Bonchev–Trinajstić information content (AvgIpc) is 3.63. The normalized spacial score (nSPS) is 26.0. The van der Waals surface area contributed by atoms with Crippen LogP contribution in [0.4, 0.5) is 0 Å². The van der Waals surface area contributed by atoms with E-state index in [1.165, 1.54) is 0 Å². The van der Waals surface area contributed by atoms with E-state index < -0.39 is 23.4 Å². The van der Waals surface area contributed by atoms with Gasteiger partial charge in [0.05, 0.1) is 23.2 Å². The molecular weight excluding hydrogens is 486 g/mol.